The van der Waals surface area contributed by atoms with Crippen LogP contribution in [0, 0.1) is 10.1 Å². The molecule has 0 aromatic heterocycles. The smallest absolute Gasteiger partial charge is 0.258 e. The molecule has 1 rings (SSSR count). The van der Waals surface area contributed by atoms with Crippen LogP contribution >= 0.6 is 0 Å². The lowest BCUT2D eigenvalue weighted by molar-refractivity contribution is -0.384. The van der Waals surface area contributed by atoms with Gasteiger partial charge in [-0.25, -0.2) is 9.79 Å². The Morgan fingerprint density at radius 1 is 1.50 bits per heavy atom. The highest BCUT2D eigenvalue weighted by Crippen LogP contribution is 2.13. The number of rotatable bonds is 4. The number of isocyanates is 1. The Balaban J connectivity index is 2.73. The summed E-state index contributed by atoms with van der Waals surface area (Å²) in [5.74, 6) is 0. The number of nitrogens with zero attached hydrogens (tertiary/aromatic N) is 2. The predicted octanol–water partition coefficient (Wildman–Crippen LogP) is 1.47. The Kier molecular flexibility index (Phi) is 3.52. The van der Waals surface area contributed by atoms with Crippen molar-refractivity contribution in [2.75, 3.05) is 6.54 Å². The topological polar surface area (TPSA) is 72.6 Å². The molecule has 0 fully saturated rings. The zero-order valence-electron chi connectivity index (χ0n) is 7.34. The lowest BCUT2D eigenvalue weighted by atomic mass is 10.1. The van der Waals surface area contributed by atoms with E-state index in [0.717, 1.165) is 5.56 Å². The number of carbonyl (C=O) groups excluding carboxylic acids is 1. The maximum Gasteiger partial charge on any atom is 0.269 e. The Hall–Kier alpha value is -2.00. The molecule has 0 spiro atoms. The summed E-state index contributed by atoms with van der Waals surface area (Å²) in [4.78, 5) is 23.1. The van der Waals surface area contributed by atoms with E-state index in [1.165, 1.54) is 18.2 Å². The van der Waals surface area contributed by atoms with E-state index < -0.39 is 4.92 Å². The second-order valence-corrected chi connectivity index (χ2v) is 2.65. The molecule has 5 nitrogen and oxygen atoms in total. The molecule has 5 heteroatoms. The van der Waals surface area contributed by atoms with Crippen molar-refractivity contribution in [3.63, 3.8) is 0 Å². The van der Waals surface area contributed by atoms with Crippen LogP contribution in [-0.2, 0) is 11.2 Å². The van der Waals surface area contributed by atoms with E-state index in [1.807, 2.05) is 0 Å². The molecule has 0 saturated carbocycles. The number of hydrogen-bond acceptors (Lipinski definition) is 4. The van der Waals surface area contributed by atoms with Gasteiger partial charge in [-0.3, -0.25) is 10.1 Å². The van der Waals surface area contributed by atoms with Crippen LogP contribution in [0.1, 0.15) is 5.56 Å². The van der Waals surface area contributed by atoms with Crippen molar-refractivity contribution in [3.8, 4) is 0 Å². The van der Waals surface area contributed by atoms with Gasteiger partial charge in [-0.05, 0) is 12.0 Å². The van der Waals surface area contributed by atoms with Crippen molar-refractivity contribution < 1.29 is 9.72 Å². The minimum atomic E-state index is -0.452. The van der Waals surface area contributed by atoms with Gasteiger partial charge in [0.05, 0.1) is 11.5 Å². The maximum atomic E-state index is 10.4. The molecule has 0 saturated heterocycles. The SMILES string of the molecule is O=C=NCCc1cccc([N+](=O)[O-])c1. The Morgan fingerprint density at radius 3 is 2.93 bits per heavy atom. The summed E-state index contributed by atoms with van der Waals surface area (Å²) >= 11 is 0. The van der Waals surface area contributed by atoms with Gasteiger partial charge < -0.3 is 0 Å². The van der Waals surface area contributed by atoms with Crippen LogP contribution in [0.5, 0.6) is 0 Å². The average Bonchev–Trinajstić information content (AvgIpc) is 2.19. The first-order valence-corrected chi connectivity index (χ1v) is 4.01. The van der Waals surface area contributed by atoms with E-state index in [0.29, 0.717) is 13.0 Å². The highest BCUT2D eigenvalue weighted by Gasteiger charge is 2.04. The van der Waals surface area contributed by atoms with Gasteiger partial charge in [0.25, 0.3) is 5.69 Å². The summed E-state index contributed by atoms with van der Waals surface area (Å²) in [5, 5.41) is 10.4. The number of nitro benzene ring substituents is 1. The van der Waals surface area contributed by atoms with Crippen LogP contribution < -0.4 is 0 Å². The Labute approximate surface area is 80.2 Å². The molecule has 0 radical (unpaired) electrons. The van der Waals surface area contributed by atoms with Crippen LogP contribution in [0.25, 0.3) is 0 Å². The molecule has 0 bridgehead atoms. The quantitative estimate of drug-likeness (QED) is 0.314. The monoisotopic (exact) mass is 192 g/mol. The van der Waals surface area contributed by atoms with E-state index in [1.54, 1.807) is 12.1 Å². The fraction of sp³-hybridized carbons (Fsp3) is 0.222. The van der Waals surface area contributed by atoms with Crippen LogP contribution in [0.3, 0.4) is 0 Å². The fourth-order valence-electron chi connectivity index (χ4n) is 1.06. The van der Waals surface area contributed by atoms with Gasteiger partial charge in [0.1, 0.15) is 0 Å². The lowest BCUT2D eigenvalue weighted by Gasteiger charge is -1.96. The molecule has 0 atom stereocenters. The molecule has 0 N–H and O–H groups in total. The standard InChI is InChI=1S/C9H8N2O3/c12-7-10-5-4-8-2-1-3-9(6-8)11(13)14/h1-3,6H,4-5H2. The second kappa shape index (κ2) is 4.89. The first-order valence-electron chi connectivity index (χ1n) is 4.01. The molecule has 72 valence electrons. The molecule has 0 heterocycles. The van der Waals surface area contributed by atoms with Crippen LogP contribution in [0.15, 0.2) is 29.3 Å². The third-order valence-corrected chi connectivity index (χ3v) is 1.70. The highest BCUT2D eigenvalue weighted by atomic mass is 16.6. The summed E-state index contributed by atoms with van der Waals surface area (Å²) in [6.07, 6.45) is 1.93. The lowest BCUT2D eigenvalue weighted by Crippen LogP contribution is -1.92. The van der Waals surface area contributed by atoms with Crippen LogP contribution in [-0.4, -0.2) is 17.5 Å². The van der Waals surface area contributed by atoms with E-state index in [9.17, 15) is 14.9 Å². The molecule has 0 aliphatic carbocycles. The third-order valence-electron chi connectivity index (χ3n) is 1.70. The largest absolute Gasteiger partial charge is 0.269 e. The van der Waals surface area contributed by atoms with E-state index in [4.69, 9.17) is 0 Å². The van der Waals surface area contributed by atoms with Crippen LogP contribution in [0.2, 0.25) is 0 Å². The van der Waals surface area contributed by atoms with Crippen molar-refractivity contribution in [1.29, 1.82) is 0 Å². The molecule has 14 heavy (non-hydrogen) atoms. The molecular formula is C9H8N2O3. The zero-order chi connectivity index (χ0) is 10.4. The van der Waals surface area contributed by atoms with Crippen molar-refractivity contribution in [2.45, 2.75) is 6.42 Å². The second-order valence-electron chi connectivity index (χ2n) is 2.65. The predicted molar refractivity (Wildman–Crippen MR) is 49.8 cm³/mol. The molecule has 1 aromatic rings. The van der Waals surface area contributed by atoms with Gasteiger partial charge >= 0.3 is 0 Å². The van der Waals surface area contributed by atoms with Crippen molar-refractivity contribution >= 4 is 11.8 Å². The maximum absolute atomic E-state index is 10.4. The van der Waals surface area contributed by atoms with Gasteiger partial charge in [-0.15, -0.1) is 0 Å². The number of hydrogen-bond donors (Lipinski definition) is 0. The number of aliphatic imine (C=N–C) groups is 1. The minimum absolute atomic E-state index is 0.0533. The first kappa shape index (κ1) is 10.1. The summed E-state index contributed by atoms with van der Waals surface area (Å²) in [7, 11) is 0. The summed E-state index contributed by atoms with van der Waals surface area (Å²) in [6, 6.07) is 6.26. The number of nitro groups is 1. The summed E-state index contributed by atoms with van der Waals surface area (Å²) in [6.45, 7) is 0.310. The average molecular weight is 192 g/mol. The first-order chi connectivity index (χ1) is 6.74. The van der Waals surface area contributed by atoms with E-state index >= 15 is 0 Å². The molecular weight excluding hydrogens is 184 g/mol. The van der Waals surface area contributed by atoms with E-state index in [-0.39, 0.29) is 5.69 Å². The number of non-ortho nitro benzene ring substituents is 1. The van der Waals surface area contributed by atoms with Crippen LogP contribution in [0.4, 0.5) is 5.69 Å². The normalized spacial score (nSPS) is 9.14. The third kappa shape index (κ3) is 2.80. The molecule has 0 unspecified atom stereocenters. The van der Waals surface area contributed by atoms with E-state index in [2.05, 4.69) is 4.99 Å². The van der Waals surface area contributed by atoms with Crippen molar-refractivity contribution in [3.05, 3.63) is 39.9 Å². The Bertz CT molecular complexity index is 383. The van der Waals surface area contributed by atoms with Gasteiger partial charge in [-0.1, -0.05) is 12.1 Å². The fourth-order valence-corrected chi connectivity index (χ4v) is 1.06. The molecule has 1 aromatic carbocycles. The number of benzene rings is 1. The van der Waals surface area contributed by atoms with Gasteiger partial charge in [-0.2, -0.15) is 0 Å². The Morgan fingerprint density at radius 2 is 2.29 bits per heavy atom. The summed E-state index contributed by atoms with van der Waals surface area (Å²) in [5.41, 5.74) is 0.843. The van der Waals surface area contributed by atoms with Gasteiger partial charge in [0.15, 0.2) is 0 Å². The summed E-state index contributed by atoms with van der Waals surface area (Å²) < 4.78 is 0. The molecule has 0 aliphatic rings. The van der Waals surface area contributed by atoms with Gasteiger partial charge in [0, 0.05) is 12.1 Å². The zero-order valence-corrected chi connectivity index (χ0v) is 7.34. The van der Waals surface area contributed by atoms with Crippen molar-refractivity contribution in [1.82, 2.24) is 0 Å². The van der Waals surface area contributed by atoms with Gasteiger partial charge in [0.2, 0.25) is 6.08 Å². The highest BCUT2D eigenvalue weighted by molar-refractivity contribution is 5.35. The molecule has 0 aliphatic heterocycles. The minimum Gasteiger partial charge on any atom is -0.258 e. The van der Waals surface area contributed by atoms with Crippen molar-refractivity contribution in [2.24, 2.45) is 4.99 Å². The molecule has 0 amide bonds.